The smallest absolute Gasteiger partial charge is 0.741 e. The Labute approximate surface area is 539 Å². The third-order valence-electron chi connectivity index (χ3n) is 12.0. The van der Waals surface area contributed by atoms with Gasteiger partial charge in [0.2, 0.25) is 23.6 Å². The Balaban J connectivity index is -0.00000105. The van der Waals surface area contributed by atoms with Gasteiger partial charge in [-0.2, -0.15) is 39.5 Å². The molecular weight excluding hydrogens is 1430 g/mol. The second kappa shape index (κ2) is 42.0. The molecule has 4 aromatic rings. The molecule has 1 fully saturated rings. The maximum Gasteiger partial charge on any atom is 3.00 e. The van der Waals surface area contributed by atoms with Crippen LogP contribution in [0.15, 0.2) is 121 Å². The van der Waals surface area contributed by atoms with Gasteiger partial charge in [0.05, 0.1) is 50.3 Å². The summed E-state index contributed by atoms with van der Waals surface area (Å²) in [6.07, 6.45) is 0. The molecule has 0 aliphatic carbocycles. The summed E-state index contributed by atoms with van der Waals surface area (Å²) in [5.41, 5.74) is -12.8. The standard InChI is InChI=1S/C48H64N8O4.3CHF3O3S.Dy.4H2O/c1-37(41-17-9-5-10-18-41)49-45(57)33-53-25-27-54(34-46(58)50-38(2)42-19-11-6-12-20-42)29-31-56(36-48(60)52-40(4)44-23-15-8-16-24-44)32-30-55(28-26-53)35-47(59)51-39(3)43-21-13-7-14-22-43;3*2-1(3,4)8(5,6)7;;;;;/h5-24,37-40H,25-36H2,1-4H3,(H,49,57)(H,50,58)(H,51,59)(H,52,60);3*(H,5,6,7);;4*1H2/q;;;;+3;;;;/p-2/t37-,38-,39-,40-;;;;;;;;/m1......../s1. The van der Waals surface area contributed by atoms with E-state index in [1.165, 1.54) is 0 Å². The Kier molecular flexibility index (Phi) is 42.6. The molecule has 509 valence electrons. The molecule has 1 heterocycles. The molecule has 4 amide bonds. The van der Waals surface area contributed by atoms with Crippen LogP contribution < -0.4 is 21.3 Å². The number of hydrogen-bond donors (Lipinski definition) is 4. The fourth-order valence-electron chi connectivity index (χ4n) is 7.47. The molecule has 0 saturated carbocycles. The minimum atomic E-state index is -6.09. The van der Waals surface area contributed by atoms with E-state index in [-0.39, 0.29) is 134 Å². The van der Waals surface area contributed by atoms with Crippen molar-refractivity contribution in [1.29, 1.82) is 0 Å². The Bertz CT molecular complexity index is 2620. The summed E-state index contributed by atoms with van der Waals surface area (Å²) in [4.78, 5) is 62.7. The first-order valence-corrected chi connectivity index (χ1v) is 29.3. The van der Waals surface area contributed by atoms with Crippen molar-refractivity contribution in [2.24, 2.45) is 0 Å². The van der Waals surface area contributed by atoms with E-state index >= 15 is 0 Å². The Morgan fingerprint density at radius 3 is 0.607 bits per heavy atom. The number of benzene rings is 4. The van der Waals surface area contributed by atoms with Gasteiger partial charge in [0.15, 0.2) is 30.4 Å². The molecule has 0 unspecified atom stereocenters. The molecule has 0 bridgehead atoms. The van der Waals surface area contributed by atoms with E-state index in [9.17, 15) is 58.7 Å². The van der Waals surface area contributed by atoms with Crippen LogP contribution in [0.25, 0.3) is 0 Å². The summed E-state index contributed by atoms with van der Waals surface area (Å²) in [7, 11) is -18.3. The zero-order chi connectivity index (χ0) is 63.7. The molecule has 0 aromatic heterocycles. The van der Waals surface area contributed by atoms with Gasteiger partial charge in [-0.05, 0) is 49.9 Å². The van der Waals surface area contributed by atoms with Crippen molar-refractivity contribution in [1.82, 2.24) is 40.9 Å². The predicted molar refractivity (Wildman–Crippen MR) is 301 cm³/mol. The first-order valence-electron chi connectivity index (χ1n) is 25.1. The predicted octanol–water partition coefficient (Wildman–Crippen LogP) is 1.48. The third-order valence-corrected chi connectivity index (χ3v) is 13.7. The number of nitrogens with one attached hydrogen (secondary N) is 4. The molecule has 25 nitrogen and oxygen atoms in total. The van der Waals surface area contributed by atoms with Crippen molar-refractivity contribution in [3.8, 4) is 0 Å². The number of amides is 4. The number of rotatable bonds is 16. The molecule has 1 saturated heterocycles. The minimum Gasteiger partial charge on any atom is -0.741 e. The van der Waals surface area contributed by atoms with Gasteiger partial charge in [-0.25, -0.2) is 25.3 Å². The summed E-state index contributed by atoms with van der Waals surface area (Å²) in [5.74, 6) is -0.380. The average Bonchev–Trinajstić information content (AvgIpc) is 3.56. The van der Waals surface area contributed by atoms with E-state index in [0.717, 1.165) is 22.3 Å². The van der Waals surface area contributed by atoms with Gasteiger partial charge in [-0.15, -0.1) is 0 Å². The third kappa shape index (κ3) is 36.4. The van der Waals surface area contributed by atoms with Crippen LogP contribution in [0.5, 0.6) is 0 Å². The fourth-order valence-corrected chi connectivity index (χ4v) is 7.47. The molecular formula is C51H73DyF9N8O17S3+. The molecule has 89 heavy (non-hydrogen) atoms. The van der Waals surface area contributed by atoms with Gasteiger partial charge in [-0.3, -0.25) is 38.8 Å². The SMILES string of the molecule is C[C@@H](NC(=O)CN1CCN(CC(=O)N[C@H](C)c2ccccc2)CCN(CC(=O)N[C@H](C)c2ccccc2)CCN(CC(=O)N[C@H](C)c2ccccc2)CC1)c1ccccc1.O.O.O.O=S(=O)([O-])C(F)(F)F.O=S(=O)([O-])C(F)(F)F.O=S(=O)([O-])C(F)(F)F.[Dy+3].[OH3+]. The summed E-state index contributed by atoms with van der Waals surface area (Å²) < 4.78 is 177. The van der Waals surface area contributed by atoms with Gasteiger partial charge in [0, 0.05) is 52.4 Å². The van der Waals surface area contributed by atoms with E-state index in [1.807, 2.05) is 149 Å². The van der Waals surface area contributed by atoms with Crippen LogP contribution in [0.3, 0.4) is 0 Å². The monoisotopic (exact) mass is 1500 g/mol. The fraction of sp³-hybridized carbons (Fsp3) is 0.451. The number of alkyl halides is 9. The first kappa shape index (κ1) is 90.2. The minimum absolute atomic E-state index is 0. The molecule has 38 heteroatoms. The summed E-state index contributed by atoms with van der Waals surface area (Å²) in [6.45, 7) is 12.8. The van der Waals surface area contributed by atoms with Crippen LogP contribution >= 0.6 is 0 Å². The van der Waals surface area contributed by atoms with Gasteiger partial charge >= 0.3 is 54.7 Å². The first-order chi connectivity index (χ1) is 38.8. The number of carbonyl (C=O) groups excluding carboxylic acids is 4. The van der Waals surface area contributed by atoms with Crippen molar-refractivity contribution in [2.75, 3.05) is 78.5 Å². The largest absolute Gasteiger partial charge is 3.00 e. The quantitative estimate of drug-likeness (QED) is 0.0534. The maximum atomic E-state index is 13.6. The van der Waals surface area contributed by atoms with Crippen molar-refractivity contribution in [3.63, 3.8) is 0 Å². The van der Waals surface area contributed by atoms with Crippen molar-refractivity contribution in [2.45, 2.75) is 68.4 Å². The van der Waals surface area contributed by atoms with Crippen LogP contribution in [-0.2, 0) is 55.0 Å². The molecule has 1 aliphatic rings. The topological polar surface area (TPSA) is 428 Å². The Morgan fingerprint density at radius 1 is 0.371 bits per heavy atom. The van der Waals surface area contributed by atoms with Crippen LogP contribution in [0.4, 0.5) is 39.5 Å². The summed E-state index contributed by atoms with van der Waals surface area (Å²) in [5, 5.41) is 12.6. The molecule has 13 N–H and O–H groups in total. The van der Waals surface area contributed by atoms with Crippen molar-refractivity contribution in [3.05, 3.63) is 144 Å². The molecule has 4 atom stereocenters. The van der Waals surface area contributed by atoms with Crippen molar-refractivity contribution >= 4 is 54.0 Å². The number of nitrogens with zero attached hydrogens (tertiary/aromatic N) is 4. The molecule has 1 aliphatic heterocycles. The second-order valence-electron chi connectivity index (χ2n) is 18.6. The summed E-state index contributed by atoms with van der Waals surface area (Å²) in [6, 6.07) is 38.9. The molecule has 5 rings (SSSR count). The number of carbonyl (C=O) groups is 4. The van der Waals surface area contributed by atoms with E-state index < -0.39 is 46.9 Å². The van der Waals surface area contributed by atoms with E-state index in [2.05, 4.69) is 40.9 Å². The molecule has 4 aromatic carbocycles. The van der Waals surface area contributed by atoms with Crippen LogP contribution in [0.1, 0.15) is 74.1 Å². The van der Waals surface area contributed by atoms with Gasteiger partial charge in [0.1, 0.15) is 0 Å². The van der Waals surface area contributed by atoms with Gasteiger partial charge in [-0.1, -0.05) is 121 Å². The average molecular weight is 1500 g/mol. The number of halogens is 9. The van der Waals surface area contributed by atoms with E-state index in [4.69, 9.17) is 38.9 Å². The van der Waals surface area contributed by atoms with Crippen LogP contribution in [-0.4, -0.2) is 194 Å². The normalized spacial score (nSPS) is 15.3. The summed E-state index contributed by atoms with van der Waals surface area (Å²) >= 11 is 0. The molecule has 0 spiro atoms. The van der Waals surface area contributed by atoms with E-state index in [1.54, 1.807) is 0 Å². The zero-order valence-corrected chi connectivity index (χ0v) is 52.4. The number of hydrogen-bond acceptors (Lipinski definition) is 17. The van der Waals surface area contributed by atoms with Crippen molar-refractivity contribution < 1.29 is 158 Å². The van der Waals surface area contributed by atoms with Crippen LogP contribution in [0, 0.1) is 38.2 Å². The zero-order valence-electron chi connectivity index (χ0n) is 48.0. The van der Waals surface area contributed by atoms with Gasteiger partial charge in [0.25, 0.3) is 0 Å². The molecule has 1 radical (unpaired) electrons. The maximum absolute atomic E-state index is 13.6. The Hall–Kier alpha value is -5.19. The second-order valence-corrected chi connectivity index (χ2v) is 22.7. The van der Waals surface area contributed by atoms with Crippen LogP contribution in [0.2, 0.25) is 0 Å². The Morgan fingerprint density at radius 2 is 0.494 bits per heavy atom. The van der Waals surface area contributed by atoms with E-state index in [0.29, 0.717) is 52.4 Å². The van der Waals surface area contributed by atoms with Gasteiger partial charge < -0.3 is 56.8 Å².